The number of hydrogen-bond donors (Lipinski definition) is 2. The van der Waals surface area contributed by atoms with Crippen LogP contribution < -0.4 is 10.6 Å². The summed E-state index contributed by atoms with van der Waals surface area (Å²) in [7, 11) is 3.24. The number of halogens is 1. The quantitative estimate of drug-likeness (QED) is 0.169. The summed E-state index contributed by atoms with van der Waals surface area (Å²) in [5, 5.41) is 6.83. The van der Waals surface area contributed by atoms with E-state index in [0.29, 0.717) is 12.5 Å². The minimum absolute atomic E-state index is 0. The first-order valence-corrected chi connectivity index (χ1v) is 10.0. The molecule has 1 aromatic rings. The number of rotatable bonds is 10. The molecular weight excluding hydrogens is 467 g/mol. The van der Waals surface area contributed by atoms with E-state index >= 15 is 0 Å². The number of nitrogens with zero attached hydrogens (tertiary/aromatic N) is 2. The molecule has 1 atom stereocenters. The number of nitrogens with one attached hydrogen (secondary N) is 2. The van der Waals surface area contributed by atoms with Gasteiger partial charge in [0.05, 0.1) is 7.11 Å². The van der Waals surface area contributed by atoms with E-state index in [-0.39, 0.29) is 29.9 Å². The topological polar surface area (TPSA) is 66.0 Å². The second-order valence-corrected chi connectivity index (χ2v) is 7.02. The van der Waals surface area contributed by atoms with E-state index < -0.39 is 0 Å². The minimum atomic E-state index is -0.128. The largest absolute Gasteiger partial charge is 0.469 e. The number of benzene rings is 1. The zero-order valence-electron chi connectivity index (χ0n) is 17.2. The lowest BCUT2D eigenvalue weighted by atomic mass is 10.2. The van der Waals surface area contributed by atoms with Crippen molar-refractivity contribution in [2.24, 2.45) is 4.99 Å². The lowest BCUT2D eigenvalue weighted by Gasteiger charge is -2.25. The third-order valence-electron chi connectivity index (χ3n) is 5.03. The van der Waals surface area contributed by atoms with E-state index in [0.717, 1.165) is 51.4 Å². The van der Waals surface area contributed by atoms with Gasteiger partial charge in [0, 0.05) is 39.1 Å². The van der Waals surface area contributed by atoms with Gasteiger partial charge in [-0.2, -0.15) is 0 Å². The van der Waals surface area contributed by atoms with E-state index in [1.807, 2.05) is 7.05 Å². The van der Waals surface area contributed by atoms with Crippen LogP contribution in [0.4, 0.5) is 0 Å². The summed E-state index contributed by atoms with van der Waals surface area (Å²) in [6, 6.07) is 11.2. The van der Waals surface area contributed by atoms with Crippen molar-refractivity contribution < 1.29 is 9.53 Å². The smallest absolute Gasteiger partial charge is 0.305 e. The molecule has 0 aromatic heterocycles. The summed E-state index contributed by atoms with van der Waals surface area (Å²) >= 11 is 0. The molecule has 1 saturated heterocycles. The van der Waals surface area contributed by atoms with Crippen molar-refractivity contribution >= 4 is 35.9 Å². The number of aliphatic imine (C=N–C) groups is 1. The van der Waals surface area contributed by atoms with Crippen LogP contribution in [0.3, 0.4) is 0 Å². The highest BCUT2D eigenvalue weighted by atomic mass is 127. The maximum absolute atomic E-state index is 11.1. The Morgan fingerprint density at radius 2 is 2.00 bits per heavy atom. The molecule has 0 saturated carbocycles. The molecule has 1 aromatic carbocycles. The number of carbonyl (C=O) groups is 1. The predicted molar refractivity (Wildman–Crippen MR) is 125 cm³/mol. The van der Waals surface area contributed by atoms with Crippen LogP contribution in [0.2, 0.25) is 0 Å². The number of unbranched alkanes of at least 4 members (excludes halogenated alkanes) is 2. The van der Waals surface area contributed by atoms with Gasteiger partial charge in [0.1, 0.15) is 0 Å². The summed E-state index contributed by atoms with van der Waals surface area (Å²) in [6.45, 7) is 3.95. The molecule has 0 spiro atoms. The van der Waals surface area contributed by atoms with Crippen LogP contribution in [0.1, 0.15) is 44.1 Å². The van der Waals surface area contributed by atoms with Crippen LogP contribution in [0.5, 0.6) is 0 Å². The van der Waals surface area contributed by atoms with E-state index in [1.165, 1.54) is 25.5 Å². The molecule has 0 radical (unpaired) electrons. The number of guanidine groups is 1. The molecule has 6 nitrogen and oxygen atoms in total. The van der Waals surface area contributed by atoms with Crippen LogP contribution in [-0.4, -0.2) is 56.7 Å². The number of likely N-dealkylation sites (tertiary alicyclic amines) is 1. The van der Waals surface area contributed by atoms with Gasteiger partial charge in [0.2, 0.25) is 0 Å². The van der Waals surface area contributed by atoms with E-state index in [4.69, 9.17) is 0 Å². The van der Waals surface area contributed by atoms with Crippen molar-refractivity contribution in [1.29, 1.82) is 0 Å². The summed E-state index contributed by atoms with van der Waals surface area (Å²) in [4.78, 5) is 18.0. The van der Waals surface area contributed by atoms with Gasteiger partial charge in [-0.1, -0.05) is 36.8 Å². The van der Waals surface area contributed by atoms with E-state index in [1.54, 1.807) is 0 Å². The van der Waals surface area contributed by atoms with Crippen LogP contribution in [0, 0.1) is 0 Å². The zero-order valence-corrected chi connectivity index (χ0v) is 19.5. The molecule has 7 heteroatoms. The maximum Gasteiger partial charge on any atom is 0.305 e. The fourth-order valence-corrected chi connectivity index (χ4v) is 3.47. The van der Waals surface area contributed by atoms with Crippen LogP contribution in [-0.2, 0) is 16.1 Å². The molecule has 0 aliphatic carbocycles. The Hall–Kier alpha value is -1.35. The van der Waals surface area contributed by atoms with Gasteiger partial charge in [-0.15, -0.1) is 24.0 Å². The Balaban J connectivity index is 0.00000392. The van der Waals surface area contributed by atoms with Gasteiger partial charge < -0.3 is 15.4 Å². The molecule has 1 aliphatic heterocycles. The van der Waals surface area contributed by atoms with Gasteiger partial charge in [-0.05, 0) is 37.8 Å². The summed E-state index contributed by atoms with van der Waals surface area (Å²) in [5.74, 6) is 0.728. The van der Waals surface area contributed by atoms with E-state index in [2.05, 4.69) is 55.6 Å². The summed E-state index contributed by atoms with van der Waals surface area (Å²) < 4.78 is 4.65. The Morgan fingerprint density at radius 1 is 1.21 bits per heavy atom. The van der Waals surface area contributed by atoms with Crippen molar-refractivity contribution in [3.8, 4) is 0 Å². The fourth-order valence-electron chi connectivity index (χ4n) is 3.47. The van der Waals surface area contributed by atoms with Gasteiger partial charge in [-0.3, -0.25) is 14.7 Å². The Bertz CT molecular complexity index is 583. The number of esters is 1. The molecular formula is C21H35IN4O2. The molecule has 158 valence electrons. The molecule has 0 bridgehead atoms. The standard InChI is InChI=1S/C21H34N4O2.HI/c1-22-21(23-14-8-4-7-13-20(26)27-2)24-16-19-12-9-15-25(19)17-18-10-5-3-6-11-18;/h3,5-6,10-11,19H,4,7-9,12-17H2,1-2H3,(H2,22,23,24);1H. The predicted octanol–water partition coefficient (Wildman–Crippen LogP) is 3.17. The van der Waals surface area contributed by atoms with Crippen LogP contribution in [0.25, 0.3) is 0 Å². The maximum atomic E-state index is 11.1. The first kappa shape index (κ1) is 24.7. The van der Waals surface area contributed by atoms with Gasteiger partial charge >= 0.3 is 5.97 Å². The van der Waals surface area contributed by atoms with Crippen LogP contribution in [0.15, 0.2) is 35.3 Å². The first-order valence-electron chi connectivity index (χ1n) is 10.0. The monoisotopic (exact) mass is 502 g/mol. The number of hydrogen-bond acceptors (Lipinski definition) is 4. The van der Waals surface area contributed by atoms with Crippen molar-refractivity contribution in [2.45, 2.75) is 51.1 Å². The first-order chi connectivity index (χ1) is 13.2. The normalized spacial score (nSPS) is 17.1. The van der Waals surface area contributed by atoms with Crippen molar-refractivity contribution in [3.05, 3.63) is 35.9 Å². The summed E-state index contributed by atoms with van der Waals surface area (Å²) in [5.41, 5.74) is 1.37. The van der Waals surface area contributed by atoms with Crippen molar-refractivity contribution in [3.63, 3.8) is 0 Å². The Kier molecular flexibility index (Phi) is 12.9. The second kappa shape index (κ2) is 14.6. The van der Waals surface area contributed by atoms with E-state index in [9.17, 15) is 4.79 Å². The minimum Gasteiger partial charge on any atom is -0.469 e. The molecule has 1 fully saturated rings. The SMILES string of the molecule is CN=C(NCCCCCC(=O)OC)NCC1CCCN1Cc1ccccc1.I. The Labute approximate surface area is 186 Å². The number of methoxy groups -OCH3 is 1. The van der Waals surface area contributed by atoms with Crippen LogP contribution >= 0.6 is 24.0 Å². The summed E-state index contributed by atoms with van der Waals surface area (Å²) in [6.07, 6.45) is 5.88. The molecule has 1 unspecified atom stereocenters. The fraction of sp³-hybridized carbons (Fsp3) is 0.619. The number of ether oxygens (including phenoxy) is 1. The highest BCUT2D eigenvalue weighted by molar-refractivity contribution is 14.0. The average Bonchev–Trinajstić information content (AvgIpc) is 3.14. The van der Waals surface area contributed by atoms with Gasteiger partial charge in [0.15, 0.2) is 5.96 Å². The second-order valence-electron chi connectivity index (χ2n) is 7.02. The highest BCUT2D eigenvalue weighted by Crippen LogP contribution is 2.19. The molecule has 28 heavy (non-hydrogen) atoms. The van der Waals surface area contributed by atoms with Crippen molar-refractivity contribution in [2.75, 3.05) is 33.8 Å². The zero-order chi connectivity index (χ0) is 19.3. The lowest BCUT2D eigenvalue weighted by molar-refractivity contribution is -0.140. The third-order valence-corrected chi connectivity index (χ3v) is 5.03. The van der Waals surface area contributed by atoms with Gasteiger partial charge in [-0.25, -0.2) is 0 Å². The Morgan fingerprint density at radius 3 is 2.71 bits per heavy atom. The molecule has 2 N–H and O–H groups in total. The van der Waals surface area contributed by atoms with Crippen molar-refractivity contribution in [1.82, 2.24) is 15.5 Å². The molecule has 1 heterocycles. The molecule has 1 aliphatic rings. The average molecular weight is 502 g/mol. The lowest BCUT2D eigenvalue weighted by Crippen LogP contribution is -2.44. The molecule has 2 rings (SSSR count). The number of carbonyl (C=O) groups excluding carboxylic acids is 1. The van der Waals surface area contributed by atoms with Gasteiger partial charge in [0.25, 0.3) is 0 Å². The molecule has 0 amide bonds. The highest BCUT2D eigenvalue weighted by Gasteiger charge is 2.24. The third kappa shape index (κ3) is 9.23.